The zero-order chi connectivity index (χ0) is 13.9. The fourth-order valence-electron chi connectivity index (χ4n) is 2.33. The van der Waals surface area contributed by atoms with Crippen LogP contribution in [0.2, 0.25) is 5.02 Å². The molecule has 104 valence electrons. The highest BCUT2D eigenvalue weighted by atomic mass is 79.9. The van der Waals surface area contributed by atoms with Gasteiger partial charge in [0.05, 0.1) is 0 Å². The Labute approximate surface area is 131 Å². The number of halogens is 2. The predicted octanol–water partition coefficient (Wildman–Crippen LogP) is 4.62. The highest BCUT2D eigenvalue weighted by Gasteiger charge is 2.23. The van der Waals surface area contributed by atoms with Crippen LogP contribution in [0.5, 0.6) is 11.5 Å². The Morgan fingerprint density at radius 1 is 1.20 bits per heavy atom. The summed E-state index contributed by atoms with van der Waals surface area (Å²) < 4.78 is 11.7. The lowest BCUT2D eigenvalue weighted by atomic mass is 10.1. The van der Waals surface area contributed by atoms with Crippen molar-refractivity contribution in [2.24, 2.45) is 0 Å². The van der Waals surface area contributed by atoms with E-state index in [1.165, 1.54) is 5.56 Å². The van der Waals surface area contributed by atoms with Crippen molar-refractivity contribution in [2.75, 3.05) is 6.61 Å². The fraction of sp³-hybridized carbons (Fsp3) is 0.250. The number of ether oxygens (including phenoxy) is 2. The Morgan fingerprint density at radius 3 is 2.85 bits per heavy atom. The average molecular weight is 354 g/mol. The number of alkyl halides is 1. The predicted molar refractivity (Wildman–Crippen MR) is 84.1 cm³/mol. The van der Waals surface area contributed by atoms with Gasteiger partial charge in [-0.05, 0) is 23.8 Å². The van der Waals surface area contributed by atoms with Crippen LogP contribution in [0.15, 0.2) is 42.5 Å². The van der Waals surface area contributed by atoms with Gasteiger partial charge >= 0.3 is 0 Å². The zero-order valence-corrected chi connectivity index (χ0v) is 13.2. The number of para-hydroxylation sites is 1. The van der Waals surface area contributed by atoms with Gasteiger partial charge in [-0.3, -0.25) is 0 Å². The molecule has 0 saturated heterocycles. The Bertz CT molecular complexity index is 590. The van der Waals surface area contributed by atoms with Crippen LogP contribution in [-0.4, -0.2) is 12.7 Å². The van der Waals surface area contributed by atoms with Crippen molar-refractivity contribution in [1.82, 2.24) is 0 Å². The molecule has 1 aliphatic rings. The van der Waals surface area contributed by atoms with Gasteiger partial charge in [0.2, 0.25) is 0 Å². The number of hydrogen-bond donors (Lipinski definition) is 0. The van der Waals surface area contributed by atoms with Gasteiger partial charge in [0.25, 0.3) is 0 Å². The van der Waals surface area contributed by atoms with Crippen LogP contribution in [0, 0.1) is 0 Å². The average Bonchev–Trinajstić information content (AvgIpc) is 2.88. The zero-order valence-electron chi connectivity index (χ0n) is 10.8. The van der Waals surface area contributed by atoms with Crippen molar-refractivity contribution >= 4 is 27.5 Å². The Morgan fingerprint density at radius 2 is 2.05 bits per heavy atom. The molecule has 3 rings (SSSR count). The second kappa shape index (κ2) is 6.06. The molecule has 1 heterocycles. The molecule has 0 N–H and O–H groups in total. The second-order valence-electron chi connectivity index (χ2n) is 4.71. The largest absolute Gasteiger partial charge is 0.489 e. The third kappa shape index (κ3) is 2.79. The molecule has 1 atom stereocenters. The van der Waals surface area contributed by atoms with Crippen LogP contribution in [0.3, 0.4) is 0 Å². The summed E-state index contributed by atoms with van der Waals surface area (Å²) in [5.41, 5.74) is 2.22. The van der Waals surface area contributed by atoms with E-state index < -0.39 is 0 Å². The quantitative estimate of drug-likeness (QED) is 0.747. The topological polar surface area (TPSA) is 18.5 Å². The number of benzene rings is 2. The number of rotatable bonds is 4. The van der Waals surface area contributed by atoms with Gasteiger partial charge in [0, 0.05) is 22.3 Å². The monoisotopic (exact) mass is 352 g/mol. The standard InChI is InChI=1S/C16H14BrClO2/c17-9-13-14(18)5-3-7-16(13)19-10-12-8-11-4-1-2-6-15(11)20-12/h1-7,12H,8-10H2. The highest BCUT2D eigenvalue weighted by Crippen LogP contribution is 2.31. The molecule has 0 spiro atoms. The van der Waals surface area contributed by atoms with Crippen molar-refractivity contribution in [2.45, 2.75) is 17.9 Å². The molecule has 0 amide bonds. The van der Waals surface area contributed by atoms with Crippen LogP contribution in [-0.2, 0) is 11.8 Å². The molecule has 0 saturated carbocycles. The Balaban J connectivity index is 1.66. The maximum Gasteiger partial charge on any atom is 0.137 e. The van der Waals surface area contributed by atoms with Crippen molar-refractivity contribution in [1.29, 1.82) is 0 Å². The van der Waals surface area contributed by atoms with Crippen molar-refractivity contribution in [3.05, 3.63) is 58.6 Å². The van der Waals surface area contributed by atoms with Gasteiger partial charge in [-0.1, -0.05) is 51.8 Å². The molecule has 1 unspecified atom stereocenters. The van der Waals surface area contributed by atoms with E-state index >= 15 is 0 Å². The molecule has 4 heteroatoms. The molecular formula is C16H14BrClO2. The molecule has 0 aromatic heterocycles. The number of hydrogen-bond acceptors (Lipinski definition) is 2. The minimum atomic E-state index is 0.0644. The highest BCUT2D eigenvalue weighted by molar-refractivity contribution is 9.08. The van der Waals surface area contributed by atoms with E-state index in [1.54, 1.807) is 0 Å². The summed E-state index contributed by atoms with van der Waals surface area (Å²) in [7, 11) is 0. The van der Waals surface area contributed by atoms with Gasteiger partial charge in [-0.15, -0.1) is 0 Å². The first-order valence-corrected chi connectivity index (χ1v) is 7.98. The van der Waals surface area contributed by atoms with Crippen LogP contribution in [0.4, 0.5) is 0 Å². The molecule has 0 aliphatic carbocycles. The first kappa shape index (κ1) is 13.8. The Hall–Kier alpha value is -1.19. The van der Waals surface area contributed by atoms with E-state index in [4.69, 9.17) is 21.1 Å². The van der Waals surface area contributed by atoms with Gasteiger partial charge in [0.1, 0.15) is 24.2 Å². The Kier molecular flexibility index (Phi) is 4.18. The molecule has 1 aliphatic heterocycles. The van der Waals surface area contributed by atoms with E-state index in [9.17, 15) is 0 Å². The van der Waals surface area contributed by atoms with E-state index in [1.807, 2.05) is 36.4 Å². The van der Waals surface area contributed by atoms with E-state index in [-0.39, 0.29) is 6.10 Å². The maximum absolute atomic E-state index is 6.16. The lowest BCUT2D eigenvalue weighted by Gasteiger charge is -2.15. The summed E-state index contributed by atoms with van der Waals surface area (Å²) in [6.45, 7) is 0.523. The lowest BCUT2D eigenvalue weighted by Crippen LogP contribution is -2.22. The smallest absolute Gasteiger partial charge is 0.137 e. The first-order valence-electron chi connectivity index (χ1n) is 6.48. The van der Waals surface area contributed by atoms with Gasteiger partial charge in [-0.25, -0.2) is 0 Å². The van der Waals surface area contributed by atoms with Crippen LogP contribution >= 0.6 is 27.5 Å². The number of fused-ring (bicyclic) bond motifs is 1. The fourth-order valence-corrected chi connectivity index (χ4v) is 3.31. The summed E-state index contributed by atoms with van der Waals surface area (Å²) in [4.78, 5) is 0. The van der Waals surface area contributed by atoms with Crippen molar-refractivity contribution in [3.63, 3.8) is 0 Å². The summed E-state index contributed by atoms with van der Waals surface area (Å²) in [5.74, 6) is 1.78. The molecule has 2 aromatic rings. The van der Waals surface area contributed by atoms with Crippen molar-refractivity contribution in [3.8, 4) is 11.5 Å². The van der Waals surface area contributed by atoms with Crippen LogP contribution in [0.1, 0.15) is 11.1 Å². The van der Waals surface area contributed by atoms with Gasteiger partial charge in [-0.2, -0.15) is 0 Å². The molecule has 0 bridgehead atoms. The van der Waals surface area contributed by atoms with E-state index in [2.05, 4.69) is 22.0 Å². The summed E-state index contributed by atoms with van der Waals surface area (Å²) >= 11 is 9.60. The molecule has 0 radical (unpaired) electrons. The second-order valence-corrected chi connectivity index (χ2v) is 5.68. The van der Waals surface area contributed by atoms with Gasteiger partial charge < -0.3 is 9.47 Å². The third-order valence-corrected chi connectivity index (χ3v) is 4.26. The molecule has 0 fully saturated rings. The minimum absolute atomic E-state index is 0.0644. The van der Waals surface area contributed by atoms with Crippen LogP contribution in [0.25, 0.3) is 0 Å². The maximum atomic E-state index is 6.16. The third-order valence-electron chi connectivity index (χ3n) is 3.35. The van der Waals surface area contributed by atoms with Gasteiger partial charge in [0.15, 0.2) is 0 Å². The van der Waals surface area contributed by atoms with Crippen LogP contribution < -0.4 is 9.47 Å². The summed E-state index contributed by atoms with van der Waals surface area (Å²) in [6, 6.07) is 13.8. The molecule has 2 aromatic carbocycles. The van der Waals surface area contributed by atoms with E-state index in [0.717, 1.165) is 28.5 Å². The molecule has 20 heavy (non-hydrogen) atoms. The lowest BCUT2D eigenvalue weighted by molar-refractivity contribution is 0.148. The molecule has 2 nitrogen and oxygen atoms in total. The minimum Gasteiger partial charge on any atom is -0.489 e. The van der Waals surface area contributed by atoms with Crippen molar-refractivity contribution < 1.29 is 9.47 Å². The summed E-state index contributed by atoms with van der Waals surface area (Å²) in [5, 5.41) is 1.39. The first-order chi connectivity index (χ1) is 9.78. The normalized spacial score (nSPS) is 16.6. The SMILES string of the molecule is Clc1cccc(OCC2Cc3ccccc3O2)c1CBr. The summed E-state index contributed by atoms with van der Waals surface area (Å²) in [6.07, 6.45) is 0.954. The molecular weight excluding hydrogens is 340 g/mol. The van der Waals surface area contributed by atoms with E-state index in [0.29, 0.717) is 11.9 Å².